The van der Waals surface area contributed by atoms with Crippen molar-refractivity contribution in [1.82, 2.24) is 4.57 Å². The van der Waals surface area contributed by atoms with Crippen LogP contribution in [0.4, 0.5) is 0 Å². The lowest BCUT2D eigenvalue weighted by Gasteiger charge is -2.03. The molecule has 0 aliphatic heterocycles. The molecule has 70 valence electrons. The average Bonchev–Trinajstić information content (AvgIpc) is 2.59. The maximum Gasteiger partial charge on any atom is 0.129 e. The number of hydrogen-bond acceptors (Lipinski definition) is 2. The van der Waals surface area contributed by atoms with Gasteiger partial charge in [0.1, 0.15) is 5.75 Å². The van der Waals surface area contributed by atoms with Gasteiger partial charge in [-0.3, -0.25) is 0 Å². The number of hydrogen-bond donors (Lipinski definition) is 0. The first-order valence-corrected chi connectivity index (χ1v) is 4.29. The normalized spacial score (nSPS) is 10.1. The van der Waals surface area contributed by atoms with Crippen LogP contribution in [0.5, 0.6) is 5.75 Å². The summed E-state index contributed by atoms with van der Waals surface area (Å²) in [4.78, 5) is 0. The first-order valence-electron chi connectivity index (χ1n) is 4.29. The highest BCUT2D eigenvalue weighted by Gasteiger charge is 2.06. The van der Waals surface area contributed by atoms with Gasteiger partial charge in [0.2, 0.25) is 0 Å². The number of nitriles is 1. The van der Waals surface area contributed by atoms with Gasteiger partial charge in [-0.25, -0.2) is 0 Å². The van der Waals surface area contributed by atoms with Crippen LogP contribution in [0.2, 0.25) is 0 Å². The Morgan fingerprint density at radius 1 is 1.43 bits per heavy atom. The second-order valence-corrected chi connectivity index (χ2v) is 3.15. The van der Waals surface area contributed by atoms with Gasteiger partial charge in [0.25, 0.3) is 0 Å². The highest BCUT2D eigenvalue weighted by Crippen LogP contribution is 2.27. The predicted molar refractivity (Wildman–Crippen MR) is 54.2 cm³/mol. The number of nitrogens with zero attached hydrogens (tertiary/aromatic N) is 2. The third kappa shape index (κ3) is 1.12. The van der Waals surface area contributed by atoms with Gasteiger partial charge < -0.3 is 9.30 Å². The molecule has 0 N–H and O–H groups in total. The largest absolute Gasteiger partial charge is 0.496 e. The summed E-state index contributed by atoms with van der Waals surface area (Å²) in [5.41, 5.74) is 1.64. The van der Waals surface area contributed by atoms with E-state index in [2.05, 4.69) is 6.07 Å². The highest BCUT2D eigenvalue weighted by molar-refractivity contribution is 5.87. The van der Waals surface area contributed by atoms with E-state index in [4.69, 9.17) is 10.00 Å². The second-order valence-electron chi connectivity index (χ2n) is 3.15. The molecule has 0 bridgehead atoms. The van der Waals surface area contributed by atoms with E-state index in [0.29, 0.717) is 5.56 Å². The van der Waals surface area contributed by atoms with Gasteiger partial charge in [-0.2, -0.15) is 5.26 Å². The minimum atomic E-state index is 0.621. The summed E-state index contributed by atoms with van der Waals surface area (Å²) in [6, 6.07) is 7.71. The summed E-state index contributed by atoms with van der Waals surface area (Å²) in [5, 5.41) is 9.87. The Hall–Kier alpha value is -1.95. The Bertz CT molecular complexity index is 520. The molecule has 0 spiro atoms. The van der Waals surface area contributed by atoms with Crippen molar-refractivity contribution in [2.75, 3.05) is 7.11 Å². The molecule has 14 heavy (non-hydrogen) atoms. The summed E-state index contributed by atoms with van der Waals surface area (Å²) in [6.07, 6.45) is 1.95. The van der Waals surface area contributed by atoms with E-state index in [1.54, 1.807) is 13.2 Å². The molecule has 0 unspecified atom stereocenters. The molecule has 0 aliphatic carbocycles. The number of rotatable bonds is 1. The summed E-state index contributed by atoms with van der Waals surface area (Å²) < 4.78 is 7.19. The second kappa shape index (κ2) is 3.08. The third-order valence-corrected chi connectivity index (χ3v) is 2.31. The van der Waals surface area contributed by atoms with Gasteiger partial charge in [-0.05, 0) is 18.2 Å². The van der Waals surface area contributed by atoms with Crippen molar-refractivity contribution in [3.8, 4) is 11.8 Å². The van der Waals surface area contributed by atoms with Gasteiger partial charge in [0, 0.05) is 18.6 Å². The Morgan fingerprint density at radius 3 is 2.86 bits per heavy atom. The van der Waals surface area contributed by atoms with Crippen LogP contribution >= 0.6 is 0 Å². The minimum absolute atomic E-state index is 0.621. The Morgan fingerprint density at radius 2 is 2.21 bits per heavy atom. The minimum Gasteiger partial charge on any atom is -0.496 e. The zero-order chi connectivity index (χ0) is 10.1. The lowest BCUT2D eigenvalue weighted by Crippen LogP contribution is -1.88. The summed E-state index contributed by atoms with van der Waals surface area (Å²) in [6.45, 7) is 0. The lowest BCUT2D eigenvalue weighted by atomic mass is 10.1. The molecule has 0 saturated heterocycles. The van der Waals surface area contributed by atoms with Crippen LogP contribution in [0.3, 0.4) is 0 Å². The average molecular weight is 186 g/mol. The molecule has 2 rings (SSSR count). The SMILES string of the molecule is COc1cc(C#N)cc2c1ccn2C. The third-order valence-electron chi connectivity index (χ3n) is 2.31. The summed E-state index contributed by atoms with van der Waals surface area (Å²) in [7, 11) is 3.56. The molecule has 1 aromatic heterocycles. The maximum absolute atomic E-state index is 8.83. The number of aryl methyl sites for hydroxylation is 1. The number of aromatic nitrogens is 1. The topological polar surface area (TPSA) is 37.9 Å². The maximum atomic E-state index is 8.83. The molecule has 0 atom stereocenters. The van der Waals surface area contributed by atoms with Gasteiger partial charge in [-0.1, -0.05) is 0 Å². The Kier molecular flexibility index (Phi) is 1.90. The molecule has 1 heterocycles. The van der Waals surface area contributed by atoms with E-state index in [1.165, 1.54) is 0 Å². The fourth-order valence-electron chi connectivity index (χ4n) is 1.57. The van der Waals surface area contributed by atoms with Crippen LogP contribution in [0.1, 0.15) is 5.56 Å². The predicted octanol–water partition coefficient (Wildman–Crippen LogP) is 2.06. The molecule has 3 heteroatoms. The van der Waals surface area contributed by atoms with Crippen LogP contribution < -0.4 is 4.74 Å². The molecule has 0 aliphatic rings. The zero-order valence-corrected chi connectivity index (χ0v) is 8.11. The van der Waals surface area contributed by atoms with Gasteiger partial charge in [0.15, 0.2) is 0 Å². The van der Waals surface area contributed by atoms with Crippen molar-refractivity contribution < 1.29 is 4.74 Å². The van der Waals surface area contributed by atoms with E-state index in [1.807, 2.05) is 29.9 Å². The van der Waals surface area contributed by atoms with E-state index in [9.17, 15) is 0 Å². The molecule has 1 aromatic carbocycles. The van der Waals surface area contributed by atoms with Crippen molar-refractivity contribution >= 4 is 10.9 Å². The fourth-order valence-corrected chi connectivity index (χ4v) is 1.57. The smallest absolute Gasteiger partial charge is 0.129 e. The van der Waals surface area contributed by atoms with Crippen LogP contribution in [0.15, 0.2) is 24.4 Å². The number of fused-ring (bicyclic) bond motifs is 1. The van der Waals surface area contributed by atoms with Crippen LogP contribution in [0.25, 0.3) is 10.9 Å². The molecule has 0 fully saturated rings. The van der Waals surface area contributed by atoms with Crippen LogP contribution in [-0.4, -0.2) is 11.7 Å². The first kappa shape index (κ1) is 8.64. The van der Waals surface area contributed by atoms with Gasteiger partial charge >= 0.3 is 0 Å². The molecule has 0 amide bonds. The fraction of sp³-hybridized carbons (Fsp3) is 0.182. The standard InChI is InChI=1S/C11H10N2O/c1-13-4-3-9-10(13)5-8(7-12)6-11(9)14-2/h3-6H,1-2H3. The van der Waals surface area contributed by atoms with Crippen LogP contribution in [0, 0.1) is 11.3 Å². The van der Waals surface area contributed by atoms with Gasteiger partial charge in [0.05, 0.1) is 24.3 Å². The van der Waals surface area contributed by atoms with Crippen molar-refractivity contribution in [1.29, 1.82) is 5.26 Å². The van der Waals surface area contributed by atoms with Crippen molar-refractivity contribution in [2.45, 2.75) is 0 Å². The monoisotopic (exact) mass is 186 g/mol. The zero-order valence-electron chi connectivity index (χ0n) is 8.11. The molecule has 2 aromatic rings. The molecule has 0 saturated carbocycles. The highest BCUT2D eigenvalue weighted by atomic mass is 16.5. The van der Waals surface area contributed by atoms with Gasteiger partial charge in [-0.15, -0.1) is 0 Å². The molecular formula is C11H10N2O. The number of benzene rings is 1. The quantitative estimate of drug-likeness (QED) is 0.683. The van der Waals surface area contributed by atoms with E-state index in [0.717, 1.165) is 16.7 Å². The van der Waals surface area contributed by atoms with Crippen LogP contribution in [-0.2, 0) is 7.05 Å². The number of methoxy groups -OCH3 is 1. The molecule has 0 radical (unpaired) electrons. The lowest BCUT2D eigenvalue weighted by molar-refractivity contribution is 0.419. The Labute approximate surface area is 82.1 Å². The Balaban J connectivity index is 2.84. The van der Waals surface area contributed by atoms with E-state index >= 15 is 0 Å². The molecule has 3 nitrogen and oxygen atoms in total. The van der Waals surface area contributed by atoms with E-state index < -0.39 is 0 Å². The molecular weight excluding hydrogens is 176 g/mol. The first-order chi connectivity index (χ1) is 6.76. The van der Waals surface area contributed by atoms with Crippen molar-refractivity contribution in [3.05, 3.63) is 30.0 Å². The van der Waals surface area contributed by atoms with Crippen molar-refractivity contribution in [3.63, 3.8) is 0 Å². The van der Waals surface area contributed by atoms with E-state index in [-0.39, 0.29) is 0 Å². The number of ether oxygens (including phenoxy) is 1. The summed E-state index contributed by atoms with van der Waals surface area (Å²) in [5.74, 6) is 0.750. The van der Waals surface area contributed by atoms with Crippen molar-refractivity contribution in [2.24, 2.45) is 7.05 Å². The summed E-state index contributed by atoms with van der Waals surface area (Å²) >= 11 is 0.